The molecular formula is C13H19N3O. The van der Waals surface area contributed by atoms with Gasteiger partial charge in [0, 0.05) is 11.5 Å². The fraction of sp³-hybridized carbons (Fsp3) is 0.538. The van der Waals surface area contributed by atoms with Gasteiger partial charge in [0.2, 0.25) is 5.91 Å². The summed E-state index contributed by atoms with van der Waals surface area (Å²) in [6.45, 7) is 5.66. The number of hydrogen-bond acceptors (Lipinski definition) is 3. The fourth-order valence-electron chi connectivity index (χ4n) is 1.31. The first-order chi connectivity index (χ1) is 7.95. The number of nitrogens with zero attached hydrogens (tertiary/aromatic N) is 1. The number of amides is 1. The summed E-state index contributed by atoms with van der Waals surface area (Å²) in [5.41, 5.74) is 0.358. The van der Waals surface area contributed by atoms with Gasteiger partial charge in [0.05, 0.1) is 11.9 Å². The van der Waals surface area contributed by atoms with Crippen molar-refractivity contribution in [3.05, 3.63) is 18.3 Å². The van der Waals surface area contributed by atoms with Crippen molar-refractivity contribution in [1.82, 2.24) is 4.98 Å². The maximum atomic E-state index is 11.8. The van der Waals surface area contributed by atoms with Crippen LogP contribution in [0.15, 0.2) is 18.3 Å². The Kier molecular flexibility index (Phi) is 3.05. The highest BCUT2D eigenvalue weighted by Crippen LogP contribution is 2.24. The predicted molar refractivity (Wildman–Crippen MR) is 69.0 cm³/mol. The highest BCUT2D eigenvalue weighted by molar-refractivity contribution is 5.94. The molecule has 0 radical (unpaired) electrons. The molecular weight excluding hydrogens is 214 g/mol. The summed E-state index contributed by atoms with van der Waals surface area (Å²) in [6, 6.07) is 4.37. The Balaban J connectivity index is 1.95. The van der Waals surface area contributed by atoms with Gasteiger partial charge in [-0.1, -0.05) is 20.8 Å². The molecule has 1 aromatic rings. The van der Waals surface area contributed by atoms with Gasteiger partial charge in [0.15, 0.2) is 0 Å². The van der Waals surface area contributed by atoms with Crippen LogP contribution in [0.25, 0.3) is 0 Å². The van der Waals surface area contributed by atoms with Crippen molar-refractivity contribution < 1.29 is 4.79 Å². The number of hydrogen-bond donors (Lipinski definition) is 2. The molecule has 0 spiro atoms. The molecule has 0 saturated heterocycles. The van der Waals surface area contributed by atoms with Crippen LogP contribution < -0.4 is 10.6 Å². The van der Waals surface area contributed by atoms with Crippen LogP contribution in [0.3, 0.4) is 0 Å². The summed E-state index contributed by atoms with van der Waals surface area (Å²) in [5.74, 6) is 0.878. The lowest BCUT2D eigenvalue weighted by atomic mass is 9.96. The third-order valence-electron chi connectivity index (χ3n) is 2.63. The topological polar surface area (TPSA) is 54.0 Å². The third kappa shape index (κ3) is 3.44. The first-order valence-corrected chi connectivity index (χ1v) is 5.99. The van der Waals surface area contributed by atoms with Crippen LogP contribution in [0.5, 0.6) is 0 Å². The third-order valence-corrected chi connectivity index (χ3v) is 2.63. The highest BCUT2D eigenvalue weighted by atomic mass is 16.2. The minimum Gasteiger partial charge on any atom is -0.367 e. The zero-order valence-corrected chi connectivity index (χ0v) is 10.6. The van der Waals surface area contributed by atoms with Gasteiger partial charge in [-0.2, -0.15) is 0 Å². The van der Waals surface area contributed by atoms with Crippen LogP contribution in [0.1, 0.15) is 33.6 Å². The molecule has 0 aliphatic heterocycles. The summed E-state index contributed by atoms with van der Waals surface area (Å²) < 4.78 is 0. The normalized spacial score (nSPS) is 15.5. The zero-order chi connectivity index (χ0) is 12.5. The minimum atomic E-state index is -0.384. The molecule has 4 nitrogen and oxygen atoms in total. The Morgan fingerprint density at radius 3 is 2.53 bits per heavy atom. The summed E-state index contributed by atoms with van der Waals surface area (Å²) in [7, 11) is 0. The van der Waals surface area contributed by atoms with Crippen LogP contribution >= 0.6 is 0 Å². The number of carbonyl (C=O) groups is 1. The van der Waals surface area contributed by atoms with Gasteiger partial charge < -0.3 is 10.6 Å². The molecule has 17 heavy (non-hydrogen) atoms. The standard InChI is InChI=1S/C13H19N3O/c1-13(2,3)12(17)16-10-6-7-11(14-8-10)15-9-4-5-9/h6-9H,4-5H2,1-3H3,(H,14,15)(H,16,17). The number of aromatic nitrogens is 1. The molecule has 1 aliphatic rings. The molecule has 1 amide bonds. The van der Waals surface area contributed by atoms with Crippen LogP contribution in [-0.2, 0) is 4.79 Å². The van der Waals surface area contributed by atoms with Crippen LogP contribution in [0.4, 0.5) is 11.5 Å². The van der Waals surface area contributed by atoms with Gasteiger partial charge in [-0.15, -0.1) is 0 Å². The van der Waals surface area contributed by atoms with E-state index in [1.165, 1.54) is 12.8 Å². The molecule has 2 rings (SSSR count). The number of pyridine rings is 1. The molecule has 92 valence electrons. The second-order valence-corrected chi connectivity index (χ2v) is 5.55. The van der Waals surface area contributed by atoms with E-state index >= 15 is 0 Å². The first-order valence-electron chi connectivity index (χ1n) is 5.99. The van der Waals surface area contributed by atoms with Crippen LogP contribution in [-0.4, -0.2) is 16.9 Å². The van der Waals surface area contributed by atoms with E-state index in [1.54, 1.807) is 6.20 Å². The second-order valence-electron chi connectivity index (χ2n) is 5.55. The maximum absolute atomic E-state index is 11.8. The largest absolute Gasteiger partial charge is 0.367 e. The van der Waals surface area contributed by atoms with Crippen molar-refractivity contribution in [3.63, 3.8) is 0 Å². The Morgan fingerprint density at radius 2 is 2.06 bits per heavy atom. The average Bonchev–Trinajstić information content (AvgIpc) is 3.03. The van der Waals surface area contributed by atoms with E-state index in [9.17, 15) is 4.79 Å². The van der Waals surface area contributed by atoms with Crippen molar-refractivity contribution in [2.75, 3.05) is 10.6 Å². The van der Waals surface area contributed by atoms with Crippen molar-refractivity contribution in [1.29, 1.82) is 0 Å². The van der Waals surface area contributed by atoms with Crippen LogP contribution in [0, 0.1) is 5.41 Å². The SMILES string of the molecule is CC(C)(C)C(=O)Nc1ccc(NC2CC2)nc1. The molecule has 1 saturated carbocycles. The molecule has 1 aliphatic carbocycles. The second kappa shape index (κ2) is 4.35. The average molecular weight is 233 g/mol. The maximum Gasteiger partial charge on any atom is 0.229 e. The zero-order valence-electron chi connectivity index (χ0n) is 10.6. The lowest BCUT2D eigenvalue weighted by molar-refractivity contribution is -0.123. The molecule has 0 aromatic carbocycles. The number of rotatable bonds is 3. The van der Waals surface area contributed by atoms with E-state index in [0.717, 1.165) is 11.5 Å². The Hall–Kier alpha value is -1.58. The number of anilines is 2. The summed E-state index contributed by atoms with van der Waals surface area (Å²) in [5, 5.41) is 6.15. The summed E-state index contributed by atoms with van der Waals surface area (Å²) in [4.78, 5) is 16.0. The minimum absolute atomic E-state index is 0.00204. The molecule has 1 aromatic heterocycles. The smallest absolute Gasteiger partial charge is 0.229 e. The summed E-state index contributed by atoms with van der Waals surface area (Å²) in [6.07, 6.45) is 4.14. The van der Waals surface area contributed by atoms with Crippen molar-refractivity contribution in [2.24, 2.45) is 5.41 Å². The van der Waals surface area contributed by atoms with Crippen LogP contribution in [0.2, 0.25) is 0 Å². The van der Waals surface area contributed by atoms with E-state index < -0.39 is 0 Å². The highest BCUT2D eigenvalue weighted by Gasteiger charge is 2.22. The van der Waals surface area contributed by atoms with Gasteiger partial charge >= 0.3 is 0 Å². The Bertz CT molecular complexity index is 402. The first kappa shape index (κ1) is 11.9. The molecule has 4 heteroatoms. The monoisotopic (exact) mass is 233 g/mol. The van der Waals surface area contributed by atoms with E-state index in [2.05, 4.69) is 15.6 Å². The van der Waals surface area contributed by atoms with Crippen molar-refractivity contribution in [3.8, 4) is 0 Å². The van der Waals surface area contributed by atoms with Gasteiger partial charge in [-0.3, -0.25) is 4.79 Å². The van der Waals surface area contributed by atoms with Gasteiger partial charge in [-0.25, -0.2) is 4.98 Å². The predicted octanol–water partition coefficient (Wildman–Crippen LogP) is 2.64. The Morgan fingerprint density at radius 1 is 1.35 bits per heavy atom. The summed E-state index contributed by atoms with van der Waals surface area (Å²) >= 11 is 0. The fourth-order valence-corrected chi connectivity index (χ4v) is 1.31. The molecule has 1 fully saturated rings. The van der Waals surface area contributed by atoms with Gasteiger partial charge in [0.1, 0.15) is 5.82 Å². The number of carbonyl (C=O) groups excluding carboxylic acids is 1. The quantitative estimate of drug-likeness (QED) is 0.843. The molecule has 2 N–H and O–H groups in total. The lowest BCUT2D eigenvalue weighted by Gasteiger charge is -2.17. The van der Waals surface area contributed by atoms with E-state index in [0.29, 0.717) is 6.04 Å². The van der Waals surface area contributed by atoms with E-state index in [-0.39, 0.29) is 11.3 Å². The lowest BCUT2D eigenvalue weighted by Crippen LogP contribution is -2.27. The molecule has 0 bridgehead atoms. The van der Waals surface area contributed by atoms with Crippen molar-refractivity contribution in [2.45, 2.75) is 39.7 Å². The Labute approximate surface area is 102 Å². The number of nitrogens with one attached hydrogen (secondary N) is 2. The van der Waals surface area contributed by atoms with Gasteiger partial charge in [-0.05, 0) is 25.0 Å². The van der Waals surface area contributed by atoms with Gasteiger partial charge in [0.25, 0.3) is 0 Å². The molecule has 0 atom stereocenters. The van der Waals surface area contributed by atoms with Crippen molar-refractivity contribution >= 4 is 17.4 Å². The molecule has 1 heterocycles. The molecule has 0 unspecified atom stereocenters. The van der Waals surface area contributed by atoms with E-state index in [1.807, 2.05) is 32.9 Å². The van der Waals surface area contributed by atoms with E-state index in [4.69, 9.17) is 0 Å².